The van der Waals surface area contributed by atoms with Crippen LogP contribution in [0, 0.1) is 13.8 Å². The number of carbonyl (C=O) groups excluding carboxylic acids is 3. The number of fused-ring (bicyclic) bond motifs is 1. The van der Waals surface area contributed by atoms with Crippen LogP contribution in [0.4, 0.5) is 5.69 Å². The van der Waals surface area contributed by atoms with Crippen LogP contribution in [0.2, 0.25) is 0 Å². The van der Waals surface area contributed by atoms with E-state index in [4.69, 9.17) is 4.74 Å². The summed E-state index contributed by atoms with van der Waals surface area (Å²) in [4.78, 5) is 42.9. The van der Waals surface area contributed by atoms with Crippen LogP contribution in [0.3, 0.4) is 0 Å². The summed E-state index contributed by atoms with van der Waals surface area (Å²) in [5.41, 5.74) is 5.12. The number of esters is 1. The largest absolute Gasteiger partial charge is 0.458 e. The summed E-state index contributed by atoms with van der Waals surface area (Å²) >= 11 is 1.33. The van der Waals surface area contributed by atoms with Gasteiger partial charge >= 0.3 is 5.97 Å². The molecule has 168 valence electrons. The number of carbonyl (C=O) groups is 3. The maximum Gasteiger partial charge on any atom is 0.326 e. The van der Waals surface area contributed by atoms with E-state index in [1.54, 1.807) is 23.6 Å². The first kappa shape index (κ1) is 22.4. The first-order valence-electron chi connectivity index (χ1n) is 10.4. The van der Waals surface area contributed by atoms with E-state index in [9.17, 15) is 14.4 Å². The molecular weight excluding hydrogens is 438 g/mol. The lowest BCUT2D eigenvalue weighted by molar-refractivity contribution is -0.145. The topological polar surface area (TPSA) is 88.6 Å². The van der Waals surface area contributed by atoms with Crippen molar-refractivity contribution in [2.24, 2.45) is 0 Å². The number of anilines is 1. The lowest BCUT2D eigenvalue weighted by Crippen LogP contribution is -2.30. The fourth-order valence-electron chi connectivity index (χ4n) is 3.53. The smallest absolute Gasteiger partial charge is 0.326 e. The van der Waals surface area contributed by atoms with Crippen molar-refractivity contribution in [2.45, 2.75) is 26.9 Å². The molecule has 1 aliphatic rings. The van der Waals surface area contributed by atoms with Gasteiger partial charge in [-0.3, -0.25) is 19.3 Å². The summed E-state index contributed by atoms with van der Waals surface area (Å²) in [5.74, 6) is -0.981. The molecule has 0 aliphatic carbocycles. The summed E-state index contributed by atoms with van der Waals surface area (Å²) in [6.07, 6.45) is 0.131. The predicted molar refractivity (Wildman–Crippen MR) is 127 cm³/mol. The second-order valence-electron chi connectivity index (χ2n) is 7.82. The molecule has 0 spiro atoms. The van der Waals surface area contributed by atoms with E-state index in [1.165, 1.54) is 16.2 Å². The predicted octanol–water partition coefficient (Wildman–Crippen LogP) is 4.11. The number of nitrogens with one attached hydrogen (secondary N) is 1. The van der Waals surface area contributed by atoms with Gasteiger partial charge in [-0.1, -0.05) is 36.9 Å². The second-order valence-corrected chi connectivity index (χ2v) is 8.76. The minimum atomic E-state index is -0.556. The van der Waals surface area contributed by atoms with Gasteiger partial charge in [-0.25, -0.2) is 4.98 Å². The molecule has 2 heterocycles. The summed E-state index contributed by atoms with van der Waals surface area (Å²) in [6.45, 7) is 7.57. The zero-order valence-corrected chi connectivity index (χ0v) is 19.2. The molecule has 0 saturated carbocycles. The van der Waals surface area contributed by atoms with E-state index in [1.807, 2.05) is 38.1 Å². The molecule has 1 aromatic heterocycles. The quantitative estimate of drug-likeness (QED) is 0.535. The maximum absolute atomic E-state index is 12.5. The van der Waals surface area contributed by atoms with Gasteiger partial charge in [0.15, 0.2) is 0 Å². The average molecular weight is 462 g/mol. The van der Waals surface area contributed by atoms with Gasteiger partial charge in [-0.05, 0) is 37.1 Å². The van der Waals surface area contributed by atoms with Crippen molar-refractivity contribution in [3.05, 3.63) is 87.4 Å². The number of rotatable bonds is 7. The molecule has 1 aliphatic heterocycles. The molecular formula is C25H23N3O4S. The van der Waals surface area contributed by atoms with E-state index in [-0.39, 0.29) is 31.4 Å². The maximum atomic E-state index is 12.5. The van der Waals surface area contributed by atoms with Crippen molar-refractivity contribution in [3.63, 3.8) is 0 Å². The van der Waals surface area contributed by atoms with Crippen molar-refractivity contribution < 1.29 is 19.1 Å². The van der Waals surface area contributed by atoms with Crippen LogP contribution in [0.1, 0.15) is 37.7 Å². The minimum absolute atomic E-state index is 0.0323. The van der Waals surface area contributed by atoms with E-state index >= 15 is 0 Å². The Labute approximate surface area is 195 Å². The third-order valence-electron chi connectivity index (χ3n) is 5.29. The van der Waals surface area contributed by atoms with Crippen LogP contribution in [0.25, 0.3) is 5.70 Å². The van der Waals surface area contributed by atoms with E-state index in [0.717, 1.165) is 22.4 Å². The van der Waals surface area contributed by atoms with Gasteiger partial charge in [0.2, 0.25) is 5.91 Å². The minimum Gasteiger partial charge on any atom is -0.458 e. The standard InChI is InChI=1S/C25H23N3O4S/c1-15-8-9-16(2)21(10-15)27-22(29)11-23-26-18(14-33-23)13-32-24(30)12-28-17(3)19-6-4-5-7-20(19)25(28)31/h4-10,14H,3,11-13H2,1-2H3,(H,27,29). The average Bonchev–Trinajstić information content (AvgIpc) is 3.33. The highest BCUT2D eigenvalue weighted by atomic mass is 32.1. The molecule has 8 heteroatoms. The fourth-order valence-corrected chi connectivity index (χ4v) is 4.31. The zero-order chi connectivity index (χ0) is 23.5. The molecule has 0 radical (unpaired) electrons. The van der Waals surface area contributed by atoms with Gasteiger partial charge < -0.3 is 10.1 Å². The number of hydrogen-bond donors (Lipinski definition) is 1. The fraction of sp³-hybridized carbons (Fsp3) is 0.200. The lowest BCUT2D eigenvalue weighted by atomic mass is 10.1. The molecule has 2 aromatic carbocycles. The number of amides is 2. The number of benzene rings is 2. The second kappa shape index (κ2) is 9.38. The number of hydrogen-bond acceptors (Lipinski definition) is 6. The van der Waals surface area contributed by atoms with Crippen molar-refractivity contribution in [3.8, 4) is 0 Å². The van der Waals surface area contributed by atoms with Crippen molar-refractivity contribution in [1.29, 1.82) is 0 Å². The molecule has 4 rings (SSSR count). The van der Waals surface area contributed by atoms with Crippen molar-refractivity contribution in [1.82, 2.24) is 9.88 Å². The normalized spacial score (nSPS) is 12.6. The Kier molecular flexibility index (Phi) is 6.37. The van der Waals surface area contributed by atoms with E-state index < -0.39 is 5.97 Å². The molecule has 33 heavy (non-hydrogen) atoms. The van der Waals surface area contributed by atoms with Gasteiger partial charge in [0.1, 0.15) is 18.2 Å². The third-order valence-corrected chi connectivity index (χ3v) is 6.18. The monoisotopic (exact) mass is 461 g/mol. The summed E-state index contributed by atoms with van der Waals surface area (Å²) in [7, 11) is 0. The molecule has 0 saturated heterocycles. The van der Waals surface area contributed by atoms with Gasteiger partial charge in [-0.15, -0.1) is 11.3 Å². The SMILES string of the molecule is C=C1c2ccccc2C(=O)N1CC(=O)OCc1csc(CC(=O)Nc2cc(C)ccc2C)n1. The zero-order valence-electron chi connectivity index (χ0n) is 18.4. The number of aromatic nitrogens is 1. The highest BCUT2D eigenvalue weighted by Crippen LogP contribution is 2.30. The van der Waals surface area contributed by atoms with Gasteiger partial charge in [0, 0.05) is 27.9 Å². The van der Waals surface area contributed by atoms with Crippen molar-refractivity contribution in [2.75, 3.05) is 11.9 Å². The molecule has 0 bridgehead atoms. The molecule has 0 fully saturated rings. The van der Waals surface area contributed by atoms with E-state index in [2.05, 4.69) is 16.9 Å². The summed E-state index contributed by atoms with van der Waals surface area (Å²) in [5, 5.41) is 5.29. The number of nitrogens with zero attached hydrogens (tertiary/aromatic N) is 2. The number of aryl methyl sites for hydroxylation is 2. The van der Waals surface area contributed by atoms with Gasteiger partial charge in [0.25, 0.3) is 5.91 Å². The number of ether oxygens (including phenoxy) is 1. The van der Waals surface area contributed by atoms with Crippen LogP contribution in [-0.2, 0) is 27.4 Å². The highest BCUT2D eigenvalue weighted by Gasteiger charge is 2.32. The molecule has 3 aromatic rings. The van der Waals surface area contributed by atoms with E-state index in [0.29, 0.717) is 22.0 Å². The Hall–Kier alpha value is -3.78. The van der Waals surface area contributed by atoms with Gasteiger partial charge in [0.05, 0.1) is 12.1 Å². The summed E-state index contributed by atoms with van der Waals surface area (Å²) < 4.78 is 5.30. The first-order valence-corrected chi connectivity index (χ1v) is 11.3. The van der Waals surface area contributed by atoms with Gasteiger partial charge in [-0.2, -0.15) is 0 Å². The first-order chi connectivity index (χ1) is 15.8. The Morgan fingerprint density at radius 1 is 1.15 bits per heavy atom. The van der Waals surface area contributed by atoms with Crippen LogP contribution < -0.4 is 5.32 Å². The molecule has 0 unspecified atom stereocenters. The summed E-state index contributed by atoms with van der Waals surface area (Å²) in [6, 6.07) is 13.0. The lowest BCUT2D eigenvalue weighted by Gasteiger charge is -2.16. The van der Waals surface area contributed by atoms with Crippen LogP contribution in [-0.4, -0.2) is 34.2 Å². The third kappa shape index (κ3) is 5.01. The molecule has 7 nitrogen and oxygen atoms in total. The highest BCUT2D eigenvalue weighted by molar-refractivity contribution is 7.09. The number of thiazole rings is 1. The van der Waals surface area contributed by atoms with Crippen LogP contribution >= 0.6 is 11.3 Å². The van der Waals surface area contributed by atoms with Crippen LogP contribution in [0.5, 0.6) is 0 Å². The van der Waals surface area contributed by atoms with Crippen LogP contribution in [0.15, 0.2) is 54.4 Å². The molecule has 0 atom stereocenters. The molecule has 1 N–H and O–H groups in total. The Morgan fingerprint density at radius 3 is 2.67 bits per heavy atom. The van der Waals surface area contributed by atoms with Crippen molar-refractivity contribution >= 4 is 40.5 Å². The Morgan fingerprint density at radius 2 is 1.91 bits per heavy atom. The Bertz CT molecular complexity index is 1230. The Balaban J connectivity index is 1.28. The molecule has 2 amide bonds.